The van der Waals surface area contributed by atoms with Crippen molar-refractivity contribution in [3.63, 3.8) is 0 Å². The summed E-state index contributed by atoms with van der Waals surface area (Å²) in [7, 11) is 1.55. The number of aromatic nitrogens is 2. The molecule has 0 unspecified atom stereocenters. The largest absolute Gasteiger partial charge is 0.495 e. The van der Waals surface area contributed by atoms with Gasteiger partial charge in [0.1, 0.15) is 17.3 Å². The second-order valence-corrected chi connectivity index (χ2v) is 5.88. The fourth-order valence-electron chi connectivity index (χ4n) is 2.54. The van der Waals surface area contributed by atoms with Gasteiger partial charge in [0, 0.05) is 5.69 Å². The number of carbonyl (C=O) groups excluding carboxylic acids is 1. The zero-order valence-electron chi connectivity index (χ0n) is 14.9. The molecule has 0 aliphatic carbocycles. The number of nitrogens with zero attached hydrogens (tertiary/aromatic N) is 2. The summed E-state index contributed by atoms with van der Waals surface area (Å²) in [6.45, 7) is 4.07. The number of carbonyl (C=O) groups is 1. The van der Waals surface area contributed by atoms with E-state index in [1.807, 2.05) is 38.1 Å². The van der Waals surface area contributed by atoms with Gasteiger partial charge in [0.15, 0.2) is 0 Å². The predicted molar refractivity (Wildman–Crippen MR) is 102 cm³/mol. The number of hydrogen-bond donors (Lipinski definition) is 2. The van der Waals surface area contributed by atoms with E-state index in [2.05, 4.69) is 26.7 Å². The third-order valence-corrected chi connectivity index (χ3v) is 3.88. The van der Waals surface area contributed by atoms with Crippen molar-refractivity contribution in [2.24, 2.45) is 0 Å². The van der Waals surface area contributed by atoms with Crippen LogP contribution in [0.4, 0.5) is 17.2 Å². The molecule has 0 bridgehead atoms. The molecule has 3 rings (SSSR count). The van der Waals surface area contributed by atoms with Crippen molar-refractivity contribution >= 4 is 23.1 Å². The summed E-state index contributed by atoms with van der Waals surface area (Å²) in [5, 5.41) is 5.98. The van der Waals surface area contributed by atoms with Crippen LogP contribution in [0.1, 0.15) is 21.6 Å². The number of rotatable bonds is 5. The molecule has 3 aromatic rings. The van der Waals surface area contributed by atoms with Crippen molar-refractivity contribution < 1.29 is 9.53 Å². The van der Waals surface area contributed by atoms with Crippen molar-refractivity contribution in [2.75, 3.05) is 17.7 Å². The Balaban J connectivity index is 1.71. The summed E-state index contributed by atoms with van der Waals surface area (Å²) in [4.78, 5) is 20.8. The lowest BCUT2D eigenvalue weighted by Gasteiger charge is -2.11. The van der Waals surface area contributed by atoms with E-state index in [1.54, 1.807) is 19.2 Å². The van der Waals surface area contributed by atoms with Crippen LogP contribution < -0.4 is 15.4 Å². The SMILES string of the molecule is COc1ccccc1NC(=O)c1cnc(Nc2ccc(C)cc2C)cn1. The van der Waals surface area contributed by atoms with E-state index in [0.29, 0.717) is 17.3 Å². The van der Waals surface area contributed by atoms with Gasteiger partial charge in [0.25, 0.3) is 5.91 Å². The number of amides is 1. The molecule has 0 saturated carbocycles. The number of para-hydroxylation sites is 2. The number of ether oxygens (including phenoxy) is 1. The minimum absolute atomic E-state index is 0.224. The third kappa shape index (κ3) is 3.97. The van der Waals surface area contributed by atoms with E-state index in [4.69, 9.17) is 4.74 Å². The quantitative estimate of drug-likeness (QED) is 0.726. The first kappa shape index (κ1) is 17.4. The van der Waals surface area contributed by atoms with Crippen LogP contribution in [0, 0.1) is 13.8 Å². The second-order valence-electron chi connectivity index (χ2n) is 5.88. The van der Waals surface area contributed by atoms with E-state index in [0.717, 1.165) is 11.3 Å². The van der Waals surface area contributed by atoms with Gasteiger partial charge in [0.05, 0.1) is 25.2 Å². The molecule has 6 heteroatoms. The highest BCUT2D eigenvalue weighted by Crippen LogP contribution is 2.24. The Morgan fingerprint density at radius 1 is 1.00 bits per heavy atom. The number of benzene rings is 2. The molecule has 0 radical (unpaired) electrons. The fraction of sp³-hybridized carbons (Fsp3) is 0.150. The van der Waals surface area contributed by atoms with E-state index >= 15 is 0 Å². The average Bonchev–Trinajstić information content (AvgIpc) is 2.65. The minimum Gasteiger partial charge on any atom is -0.495 e. The molecule has 0 aliphatic rings. The molecule has 1 aromatic heterocycles. The van der Waals surface area contributed by atoms with E-state index in [1.165, 1.54) is 18.0 Å². The molecule has 26 heavy (non-hydrogen) atoms. The lowest BCUT2D eigenvalue weighted by Crippen LogP contribution is -2.14. The van der Waals surface area contributed by atoms with Crippen molar-refractivity contribution in [3.05, 3.63) is 71.7 Å². The molecule has 0 atom stereocenters. The fourth-order valence-corrected chi connectivity index (χ4v) is 2.54. The summed E-state index contributed by atoms with van der Waals surface area (Å²) in [6.07, 6.45) is 2.98. The van der Waals surface area contributed by atoms with Crippen molar-refractivity contribution in [3.8, 4) is 5.75 Å². The number of anilines is 3. The second kappa shape index (κ2) is 7.65. The molecule has 0 fully saturated rings. The molecular formula is C20H20N4O2. The van der Waals surface area contributed by atoms with Gasteiger partial charge in [-0.2, -0.15) is 0 Å². The Bertz CT molecular complexity index is 923. The monoisotopic (exact) mass is 348 g/mol. The zero-order valence-corrected chi connectivity index (χ0v) is 14.9. The Hall–Kier alpha value is -3.41. The molecule has 2 N–H and O–H groups in total. The van der Waals surface area contributed by atoms with E-state index < -0.39 is 0 Å². The maximum atomic E-state index is 12.4. The van der Waals surface area contributed by atoms with Gasteiger partial charge < -0.3 is 15.4 Å². The van der Waals surface area contributed by atoms with Crippen LogP contribution in [0.25, 0.3) is 0 Å². The van der Waals surface area contributed by atoms with Gasteiger partial charge in [-0.25, -0.2) is 9.97 Å². The third-order valence-electron chi connectivity index (χ3n) is 3.88. The van der Waals surface area contributed by atoms with E-state index in [-0.39, 0.29) is 11.6 Å². The molecule has 6 nitrogen and oxygen atoms in total. The maximum Gasteiger partial charge on any atom is 0.275 e. The van der Waals surface area contributed by atoms with Crippen LogP contribution in [-0.4, -0.2) is 23.0 Å². The first-order valence-corrected chi connectivity index (χ1v) is 8.17. The standard InChI is InChI=1S/C20H20N4O2/c1-13-8-9-15(14(2)10-13)23-19-12-21-17(11-22-19)20(25)24-16-6-4-5-7-18(16)26-3/h4-12H,1-3H3,(H,22,23)(H,24,25). The van der Waals surface area contributed by atoms with Crippen LogP contribution in [0.3, 0.4) is 0 Å². The summed E-state index contributed by atoms with van der Waals surface area (Å²) in [5.41, 5.74) is 4.07. The normalized spacial score (nSPS) is 10.3. The van der Waals surface area contributed by atoms with Gasteiger partial charge in [-0.05, 0) is 37.6 Å². The van der Waals surface area contributed by atoms with Gasteiger partial charge >= 0.3 is 0 Å². The van der Waals surface area contributed by atoms with Crippen LogP contribution in [0.2, 0.25) is 0 Å². The number of aryl methyl sites for hydroxylation is 2. The average molecular weight is 348 g/mol. The van der Waals surface area contributed by atoms with Crippen LogP contribution >= 0.6 is 0 Å². The zero-order chi connectivity index (χ0) is 18.5. The van der Waals surface area contributed by atoms with Crippen LogP contribution in [0.15, 0.2) is 54.9 Å². The summed E-state index contributed by atoms with van der Waals surface area (Å²) in [6, 6.07) is 13.3. The highest BCUT2D eigenvalue weighted by atomic mass is 16.5. The lowest BCUT2D eigenvalue weighted by atomic mass is 10.1. The molecule has 1 heterocycles. The Kier molecular flexibility index (Phi) is 5.12. The smallest absolute Gasteiger partial charge is 0.275 e. The highest BCUT2D eigenvalue weighted by molar-refractivity contribution is 6.03. The van der Waals surface area contributed by atoms with Gasteiger partial charge in [-0.3, -0.25) is 4.79 Å². The van der Waals surface area contributed by atoms with Crippen LogP contribution in [-0.2, 0) is 0 Å². The lowest BCUT2D eigenvalue weighted by molar-refractivity contribution is 0.102. The Morgan fingerprint density at radius 3 is 2.50 bits per heavy atom. The molecule has 0 saturated heterocycles. The van der Waals surface area contributed by atoms with Gasteiger partial charge in [-0.1, -0.05) is 29.8 Å². The predicted octanol–water partition coefficient (Wildman–Crippen LogP) is 4.10. The van der Waals surface area contributed by atoms with Crippen molar-refractivity contribution in [1.29, 1.82) is 0 Å². The number of nitrogens with one attached hydrogen (secondary N) is 2. The molecule has 2 aromatic carbocycles. The minimum atomic E-state index is -0.347. The van der Waals surface area contributed by atoms with Gasteiger partial charge in [0.2, 0.25) is 0 Å². The first-order chi connectivity index (χ1) is 12.6. The molecule has 0 spiro atoms. The molecule has 0 aliphatic heterocycles. The summed E-state index contributed by atoms with van der Waals surface area (Å²) >= 11 is 0. The topological polar surface area (TPSA) is 76.1 Å². The number of hydrogen-bond acceptors (Lipinski definition) is 5. The summed E-state index contributed by atoms with van der Waals surface area (Å²) in [5.74, 6) is 0.813. The van der Waals surface area contributed by atoms with Crippen molar-refractivity contribution in [1.82, 2.24) is 9.97 Å². The molecular weight excluding hydrogens is 328 g/mol. The number of methoxy groups -OCH3 is 1. The summed E-state index contributed by atoms with van der Waals surface area (Å²) < 4.78 is 5.23. The molecule has 1 amide bonds. The van der Waals surface area contributed by atoms with E-state index in [9.17, 15) is 4.79 Å². The Morgan fingerprint density at radius 2 is 1.81 bits per heavy atom. The Labute approximate surface area is 152 Å². The van der Waals surface area contributed by atoms with Crippen molar-refractivity contribution in [2.45, 2.75) is 13.8 Å². The first-order valence-electron chi connectivity index (χ1n) is 8.17. The maximum absolute atomic E-state index is 12.4. The van der Waals surface area contributed by atoms with Gasteiger partial charge in [-0.15, -0.1) is 0 Å². The van der Waals surface area contributed by atoms with Crippen LogP contribution in [0.5, 0.6) is 5.75 Å². The molecule has 132 valence electrons. The highest BCUT2D eigenvalue weighted by Gasteiger charge is 2.11.